The number of benzene rings is 1. The molecule has 146 valence electrons. The minimum absolute atomic E-state index is 0.243. The summed E-state index contributed by atoms with van der Waals surface area (Å²) in [5, 5.41) is 14.0. The van der Waals surface area contributed by atoms with Gasteiger partial charge in [0.25, 0.3) is 5.91 Å². The third kappa shape index (κ3) is 3.48. The predicted octanol–water partition coefficient (Wildman–Crippen LogP) is 3.14. The molecule has 4 aromatic rings. The number of carbonyl (C=O) groups excluding carboxylic acids is 1. The summed E-state index contributed by atoms with van der Waals surface area (Å²) in [5.74, 6) is -0.243. The monoisotopic (exact) mass is 404 g/mol. The first-order valence-electron chi connectivity index (χ1n) is 9.53. The van der Waals surface area contributed by atoms with Gasteiger partial charge in [-0.25, -0.2) is 4.68 Å². The SMILES string of the molecule is O=C(Nc1cnccc1N1CCNCC1)c1ccn(-c2csc3ccccc23)n1. The molecular formula is C21H20N6OS. The van der Waals surface area contributed by atoms with Crippen molar-refractivity contribution in [2.45, 2.75) is 0 Å². The maximum Gasteiger partial charge on any atom is 0.276 e. The second kappa shape index (κ2) is 7.65. The Kier molecular flexibility index (Phi) is 4.71. The number of aromatic nitrogens is 3. The van der Waals surface area contributed by atoms with Crippen molar-refractivity contribution in [1.82, 2.24) is 20.1 Å². The van der Waals surface area contributed by atoms with E-state index in [9.17, 15) is 4.79 Å². The number of hydrogen-bond acceptors (Lipinski definition) is 6. The molecule has 1 aliphatic heterocycles. The fourth-order valence-corrected chi connectivity index (χ4v) is 4.50. The molecule has 1 aliphatic rings. The lowest BCUT2D eigenvalue weighted by molar-refractivity contribution is 0.102. The van der Waals surface area contributed by atoms with Crippen molar-refractivity contribution in [3.8, 4) is 5.69 Å². The third-order valence-corrected chi connectivity index (χ3v) is 5.98. The molecule has 1 saturated heterocycles. The van der Waals surface area contributed by atoms with Crippen LogP contribution in [-0.2, 0) is 0 Å². The molecule has 3 aromatic heterocycles. The summed E-state index contributed by atoms with van der Waals surface area (Å²) < 4.78 is 2.95. The Bertz CT molecular complexity index is 1160. The lowest BCUT2D eigenvalue weighted by Crippen LogP contribution is -2.43. The van der Waals surface area contributed by atoms with Gasteiger partial charge in [-0.15, -0.1) is 11.3 Å². The van der Waals surface area contributed by atoms with E-state index in [1.165, 1.54) is 4.70 Å². The first kappa shape index (κ1) is 17.8. The van der Waals surface area contributed by atoms with Gasteiger partial charge in [0, 0.05) is 54.0 Å². The molecule has 0 saturated carbocycles. The minimum atomic E-state index is -0.243. The summed E-state index contributed by atoms with van der Waals surface area (Å²) in [6.07, 6.45) is 5.27. The first-order chi connectivity index (χ1) is 14.3. The first-order valence-corrected chi connectivity index (χ1v) is 10.4. The highest BCUT2D eigenvalue weighted by molar-refractivity contribution is 7.17. The topological polar surface area (TPSA) is 75.1 Å². The van der Waals surface area contributed by atoms with Crippen LogP contribution in [0.4, 0.5) is 11.4 Å². The Morgan fingerprint density at radius 3 is 2.86 bits per heavy atom. The van der Waals surface area contributed by atoms with Crippen LogP contribution in [0.3, 0.4) is 0 Å². The van der Waals surface area contributed by atoms with E-state index >= 15 is 0 Å². The van der Waals surface area contributed by atoms with E-state index < -0.39 is 0 Å². The summed E-state index contributed by atoms with van der Waals surface area (Å²) >= 11 is 1.67. The average molecular weight is 404 g/mol. The van der Waals surface area contributed by atoms with Crippen molar-refractivity contribution in [2.24, 2.45) is 0 Å². The fraction of sp³-hybridized carbons (Fsp3) is 0.190. The highest BCUT2D eigenvalue weighted by atomic mass is 32.1. The number of rotatable bonds is 4. The molecule has 0 unspecified atom stereocenters. The van der Waals surface area contributed by atoms with Crippen LogP contribution in [0, 0.1) is 0 Å². The molecule has 0 spiro atoms. The van der Waals surface area contributed by atoms with E-state index in [2.05, 4.69) is 43.1 Å². The maximum absolute atomic E-state index is 12.9. The number of amides is 1. The zero-order valence-electron chi connectivity index (χ0n) is 15.7. The summed E-state index contributed by atoms with van der Waals surface area (Å²) in [6.45, 7) is 3.64. The number of pyridine rings is 1. The third-order valence-electron chi connectivity index (χ3n) is 5.03. The second-order valence-electron chi connectivity index (χ2n) is 6.85. The second-order valence-corrected chi connectivity index (χ2v) is 7.76. The molecule has 29 heavy (non-hydrogen) atoms. The minimum Gasteiger partial charge on any atom is -0.367 e. The lowest BCUT2D eigenvalue weighted by atomic mass is 10.2. The van der Waals surface area contributed by atoms with Crippen molar-refractivity contribution in [2.75, 3.05) is 36.4 Å². The molecule has 1 fully saturated rings. The molecule has 1 amide bonds. The molecule has 1 aromatic carbocycles. The number of fused-ring (bicyclic) bond motifs is 1. The molecule has 0 aliphatic carbocycles. The van der Waals surface area contributed by atoms with Crippen molar-refractivity contribution in [3.05, 3.63) is 66.1 Å². The number of carbonyl (C=O) groups is 1. The van der Waals surface area contributed by atoms with Crippen LogP contribution < -0.4 is 15.5 Å². The van der Waals surface area contributed by atoms with E-state index in [0.29, 0.717) is 11.4 Å². The molecular weight excluding hydrogens is 384 g/mol. The standard InChI is InChI=1S/C21H20N6OS/c28-21(24-17-13-23-7-5-18(17)26-11-8-22-9-12-26)16-6-10-27(25-16)19-14-29-20-4-2-1-3-15(19)20/h1-7,10,13-14,22H,8-9,11-12H2,(H,24,28). The molecule has 2 N–H and O–H groups in total. The number of nitrogens with one attached hydrogen (secondary N) is 2. The van der Waals surface area contributed by atoms with E-state index in [-0.39, 0.29) is 5.91 Å². The number of piperazine rings is 1. The van der Waals surface area contributed by atoms with Gasteiger partial charge < -0.3 is 15.5 Å². The summed E-state index contributed by atoms with van der Waals surface area (Å²) in [7, 11) is 0. The zero-order valence-corrected chi connectivity index (χ0v) is 16.5. The normalized spacial score (nSPS) is 14.3. The van der Waals surface area contributed by atoms with Crippen molar-refractivity contribution < 1.29 is 4.79 Å². The summed E-state index contributed by atoms with van der Waals surface area (Å²) in [6, 6.07) is 11.9. The van der Waals surface area contributed by atoms with Gasteiger partial charge in [0.15, 0.2) is 5.69 Å². The quantitative estimate of drug-likeness (QED) is 0.547. The lowest BCUT2D eigenvalue weighted by Gasteiger charge is -2.30. The van der Waals surface area contributed by atoms with E-state index in [0.717, 1.165) is 42.9 Å². The Morgan fingerprint density at radius 2 is 1.97 bits per heavy atom. The average Bonchev–Trinajstić information content (AvgIpc) is 3.42. The predicted molar refractivity (Wildman–Crippen MR) is 116 cm³/mol. The maximum atomic E-state index is 12.9. The van der Waals surface area contributed by atoms with Crippen LogP contribution in [0.25, 0.3) is 15.8 Å². The van der Waals surface area contributed by atoms with Crippen LogP contribution in [-0.4, -0.2) is 46.9 Å². The van der Waals surface area contributed by atoms with Gasteiger partial charge in [0.2, 0.25) is 0 Å². The van der Waals surface area contributed by atoms with Crippen molar-refractivity contribution in [1.29, 1.82) is 0 Å². The van der Waals surface area contributed by atoms with Crippen LogP contribution in [0.2, 0.25) is 0 Å². The van der Waals surface area contributed by atoms with Gasteiger partial charge >= 0.3 is 0 Å². The summed E-state index contributed by atoms with van der Waals surface area (Å²) in [4.78, 5) is 19.3. The van der Waals surface area contributed by atoms with E-state index in [4.69, 9.17) is 0 Å². The molecule has 0 radical (unpaired) electrons. The van der Waals surface area contributed by atoms with Crippen LogP contribution in [0.1, 0.15) is 10.5 Å². The van der Waals surface area contributed by atoms with Crippen LogP contribution in [0.5, 0.6) is 0 Å². The van der Waals surface area contributed by atoms with E-state index in [1.807, 2.05) is 24.4 Å². The van der Waals surface area contributed by atoms with Crippen molar-refractivity contribution in [3.63, 3.8) is 0 Å². The molecule has 0 bridgehead atoms. The molecule has 8 heteroatoms. The van der Waals surface area contributed by atoms with Gasteiger partial charge in [-0.05, 0) is 18.2 Å². The van der Waals surface area contributed by atoms with Crippen LogP contribution >= 0.6 is 11.3 Å². The van der Waals surface area contributed by atoms with Gasteiger partial charge in [-0.2, -0.15) is 5.10 Å². The fourth-order valence-electron chi connectivity index (χ4n) is 3.57. The molecule has 7 nitrogen and oxygen atoms in total. The number of hydrogen-bond donors (Lipinski definition) is 2. The Hall–Kier alpha value is -3.23. The zero-order chi connectivity index (χ0) is 19.6. The van der Waals surface area contributed by atoms with Gasteiger partial charge in [0.05, 0.1) is 23.3 Å². The molecule has 5 rings (SSSR count). The van der Waals surface area contributed by atoms with Crippen molar-refractivity contribution >= 4 is 38.7 Å². The van der Waals surface area contributed by atoms with Gasteiger partial charge in [-0.1, -0.05) is 18.2 Å². The van der Waals surface area contributed by atoms with Gasteiger partial charge in [-0.3, -0.25) is 9.78 Å². The Morgan fingerprint density at radius 1 is 1.10 bits per heavy atom. The summed E-state index contributed by atoms with van der Waals surface area (Å²) in [5.41, 5.74) is 3.04. The smallest absolute Gasteiger partial charge is 0.276 e. The van der Waals surface area contributed by atoms with Gasteiger partial charge in [0.1, 0.15) is 0 Å². The number of nitrogens with zero attached hydrogens (tertiary/aromatic N) is 4. The highest BCUT2D eigenvalue weighted by Crippen LogP contribution is 2.29. The Balaban J connectivity index is 1.39. The molecule has 0 atom stereocenters. The number of anilines is 2. The Labute approximate surface area is 172 Å². The molecule has 4 heterocycles. The van der Waals surface area contributed by atoms with E-state index in [1.54, 1.807) is 34.5 Å². The number of thiophene rings is 1. The van der Waals surface area contributed by atoms with Crippen LogP contribution in [0.15, 0.2) is 60.4 Å². The largest absolute Gasteiger partial charge is 0.367 e. The highest BCUT2D eigenvalue weighted by Gasteiger charge is 2.18.